The zero-order valence-corrected chi connectivity index (χ0v) is 17.0. The van der Waals surface area contributed by atoms with Gasteiger partial charge in [0.1, 0.15) is 11.5 Å². The van der Waals surface area contributed by atoms with E-state index in [1.165, 1.54) is 6.07 Å². The van der Waals surface area contributed by atoms with E-state index >= 15 is 0 Å². The fourth-order valence-corrected chi connectivity index (χ4v) is 3.04. The van der Waals surface area contributed by atoms with Crippen LogP contribution >= 0.6 is 0 Å². The second-order valence-corrected chi connectivity index (χ2v) is 6.80. The van der Waals surface area contributed by atoms with E-state index in [4.69, 9.17) is 20.9 Å². The molecule has 0 aromatic heterocycles. The minimum Gasteiger partial charge on any atom is -0.423 e. The van der Waals surface area contributed by atoms with Crippen LogP contribution in [0.2, 0.25) is 0 Å². The lowest BCUT2D eigenvalue weighted by atomic mass is 10.1. The van der Waals surface area contributed by atoms with Crippen molar-refractivity contribution in [3.8, 4) is 11.5 Å². The van der Waals surface area contributed by atoms with Gasteiger partial charge in [0.25, 0.3) is 0 Å². The second kappa shape index (κ2) is 9.13. The van der Waals surface area contributed by atoms with Crippen LogP contribution in [0.1, 0.15) is 45.7 Å². The number of nitrogen functional groups attached to an aromatic ring is 2. The topological polar surface area (TPSA) is 105 Å². The predicted molar refractivity (Wildman–Crippen MR) is 117 cm³/mol. The van der Waals surface area contributed by atoms with Crippen LogP contribution in [0.4, 0.5) is 11.4 Å². The average molecular weight is 404 g/mol. The molecule has 6 nitrogen and oxygen atoms in total. The highest BCUT2D eigenvalue weighted by molar-refractivity contribution is 5.97. The largest absolute Gasteiger partial charge is 0.423 e. The summed E-state index contributed by atoms with van der Waals surface area (Å²) in [7, 11) is 0. The Morgan fingerprint density at radius 2 is 1.13 bits per heavy atom. The highest BCUT2D eigenvalue weighted by Gasteiger charge is 2.16. The van der Waals surface area contributed by atoms with Crippen molar-refractivity contribution in [3.05, 3.63) is 82.9 Å². The Labute approximate surface area is 175 Å². The molecule has 0 aliphatic heterocycles. The second-order valence-electron chi connectivity index (χ2n) is 6.80. The number of ether oxygens (including phenoxy) is 2. The first-order valence-corrected chi connectivity index (χ1v) is 9.72. The molecule has 154 valence electrons. The number of anilines is 2. The number of rotatable bonds is 6. The van der Waals surface area contributed by atoms with Crippen molar-refractivity contribution in [1.82, 2.24) is 0 Å². The SMILES string of the molecule is CCc1cc(N)ccc1OC(=O)c1cccc(C(=O)Oc2ccc(N)cc2CC)c1. The van der Waals surface area contributed by atoms with Crippen LogP contribution in [-0.4, -0.2) is 11.9 Å². The monoisotopic (exact) mass is 404 g/mol. The molecule has 0 aliphatic carbocycles. The lowest BCUT2D eigenvalue weighted by Crippen LogP contribution is -2.13. The lowest BCUT2D eigenvalue weighted by molar-refractivity contribution is 0.0733. The van der Waals surface area contributed by atoms with Crippen molar-refractivity contribution >= 4 is 23.3 Å². The Kier molecular flexibility index (Phi) is 6.37. The first-order chi connectivity index (χ1) is 14.4. The van der Waals surface area contributed by atoms with Crippen molar-refractivity contribution in [3.63, 3.8) is 0 Å². The number of carbonyl (C=O) groups excluding carboxylic acids is 2. The van der Waals surface area contributed by atoms with E-state index in [1.54, 1.807) is 54.6 Å². The molecule has 0 amide bonds. The Morgan fingerprint density at radius 3 is 1.53 bits per heavy atom. The van der Waals surface area contributed by atoms with E-state index in [0.29, 0.717) is 35.7 Å². The molecule has 0 spiro atoms. The third-order valence-electron chi connectivity index (χ3n) is 4.67. The Morgan fingerprint density at radius 1 is 0.700 bits per heavy atom. The number of carbonyl (C=O) groups is 2. The highest BCUT2D eigenvalue weighted by atomic mass is 16.5. The van der Waals surface area contributed by atoms with Gasteiger partial charge in [-0.3, -0.25) is 0 Å². The molecular weight excluding hydrogens is 380 g/mol. The standard InChI is InChI=1S/C24H24N2O4/c1-3-15-13-19(25)8-10-21(15)29-23(27)17-6-5-7-18(12-17)24(28)30-22-11-9-20(26)14-16(22)4-2/h5-14H,3-4,25-26H2,1-2H3. The van der Waals surface area contributed by atoms with Crippen LogP contribution in [0.15, 0.2) is 60.7 Å². The minimum absolute atomic E-state index is 0.247. The van der Waals surface area contributed by atoms with Gasteiger partial charge < -0.3 is 20.9 Å². The summed E-state index contributed by atoms with van der Waals surface area (Å²) in [6.07, 6.45) is 1.34. The van der Waals surface area contributed by atoms with Gasteiger partial charge in [0.05, 0.1) is 11.1 Å². The maximum Gasteiger partial charge on any atom is 0.343 e. The molecule has 3 aromatic rings. The van der Waals surface area contributed by atoms with Crippen LogP contribution in [0.25, 0.3) is 0 Å². The molecule has 0 fully saturated rings. The molecule has 0 radical (unpaired) electrons. The quantitative estimate of drug-likeness (QED) is 0.358. The molecule has 0 bridgehead atoms. The molecule has 30 heavy (non-hydrogen) atoms. The summed E-state index contributed by atoms with van der Waals surface area (Å²) < 4.78 is 11.0. The number of hydrogen-bond acceptors (Lipinski definition) is 6. The molecular formula is C24H24N2O4. The summed E-state index contributed by atoms with van der Waals surface area (Å²) in [5.74, 6) is -0.241. The summed E-state index contributed by atoms with van der Waals surface area (Å²) in [6, 6.07) is 16.5. The van der Waals surface area contributed by atoms with Crippen molar-refractivity contribution in [1.29, 1.82) is 0 Å². The van der Waals surface area contributed by atoms with Gasteiger partial charge in [-0.15, -0.1) is 0 Å². The van der Waals surface area contributed by atoms with E-state index in [0.717, 1.165) is 11.1 Å². The molecule has 0 atom stereocenters. The minimum atomic E-state index is -0.564. The molecule has 0 aliphatic rings. The van der Waals surface area contributed by atoms with Crippen molar-refractivity contribution in [2.24, 2.45) is 0 Å². The van der Waals surface area contributed by atoms with Gasteiger partial charge in [0, 0.05) is 11.4 Å². The highest BCUT2D eigenvalue weighted by Crippen LogP contribution is 2.25. The number of hydrogen-bond donors (Lipinski definition) is 2. The van der Waals surface area contributed by atoms with Crippen molar-refractivity contribution in [2.75, 3.05) is 11.5 Å². The van der Waals surface area contributed by atoms with Gasteiger partial charge in [-0.25, -0.2) is 9.59 Å². The molecule has 3 aromatic carbocycles. The smallest absolute Gasteiger partial charge is 0.343 e. The van der Waals surface area contributed by atoms with E-state index < -0.39 is 11.9 Å². The number of benzene rings is 3. The van der Waals surface area contributed by atoms with Crippen LogP contribution in [0.3, 0.4) is 0 Å². The Hall–Kier alpha value is -3.80. The molecule has 0 heterocycles. The molecule has 3 rings (SSSR count). The number of aryl methyl sites for hydroxylation is 2. The van der Waals surface area contributed by atoms with E-state index in [-0.39, 0.29) is 11.1 Å². The average Bonchev–Trinajstić information content (AvgIpc) is 2.76. The Balaban J connectivity index is 1.79. The van der Waals surface area contributed by atoms with Crippen molar-refractivity contribution < 1.29 is 19.1 Å². The first kappa shape index (κ1) is 20.9. The first-order valence-electron chi connectivity index (χ1n) is 9.72. The van der Waals surface area contributed by atoms with Gasteiger partial charge in [-0.1, -0.05) is 19.9 Å². The number of esters is 2. The maximum absolute atomic E-state index is 12.6. The third-order valence-corrected chi connectivity index (χ3v) is 4.67. The third kappa shape index (κ3) is 4.78. The summed E-state index contributed by atoms with van der Waals surface area (Å²) in [5.41, 5.74) is 14.9. The van der Waals surface area contributed by atoms with Crippen LogP contribution < -0.4 is 20.9 Å². The normalized spacial score (nSPS) is 10.5. The maximum atomic E-state index is 12.6. The zero-order valence-electron chi connectivity index (χ0n) is 17.0. The van der Waals surface area contributed by atoms with E-state index in [1.807, 2.05) is 13.8 Å². The zero-order chi connectivity index (χ0) is 21.7. The molecule has 0 unspecified atom stereocenters. The summed E-state index contributed by atoms with van der Waals surface area (Å²) in [6.45, 7) is 3.90. The fraction of sp³-hybridized carbons (Fsp3) is 0.167. The lowest BCUT2D eigenvalue weighted by Gasteiger charge is -2.11. The van der Waals surface area contributed by atoms with E-state index in [2.05, 4.69) is 0 Å². The molecule has 0 saturated carbocycles. The van der Waals surface area contributed by atoms with E-state index in [9.17, 15) is 9.59 Å². The summed E-state index contributed by atoms with van der Waals surface area (Å²) in [5, 5.41) is 0. The number of nitrogens with two attached hydrogens (primary N) is 2. The summed E-state index contributed by atoms with van der Waals surface area (Å²) in [4.78, 5) is 25.2. The van der Waals surface area contributed by atoms with Crippen LogP contribution in [-0.2, 0) is 12.8 Å². The van der Waals surface area contributed by atoms with Gasteiger partial charge >= 0.3 is 11.9 Å². The fourth-order valence-electron chi connectivity index (χ4n) is 3.04. The predicted octanol–water partition coefficient (Wildman–Crippen LogP) is 4.41. The Bertz CT molecular complexity index is 1010. The van der Waals surface area contributed by atoms with Gasteiger partial charge in [0.15, 0.2) is 0 Å². The summed E-state index contributed by atoms with van der Waals surface area (Å²) >= 11 is 0. The van der Waals surface area contributed by atoms with Crippen molar-refractivity contribution in [2.45, 2.75) is 26.7 Å². The molecule has 0 saturated heterocycles. The van der Waals surface area contributed by atoms with Gasteiger partial charge in [0.2, 0.25) is 0 Å². The van der Waals surface area contributed by atoms with Gasteiger partial charge in [-0.05, 0) is 78.6 Å². The van der Waals surface area contributed by atoms with Crippen LogP contribution in [0.5, 0.6) is 11.5 Å². The molecule has 4 N–H and O–H groups in total. The molecule has 6 heteroatoms. The van der Waals surface area contributed by atoms with Gasteiger partial charge in [-0.2, -0.15) is 0 Å². The van der Waals surface area contributed by atoms with Crippen LogP contribution in [0, 0.1) is 0 Å².